The van der Waals surface area contributed by atoms with Gasteiger partial charge in [0, 0.05) is 19.6 Å². The molecule has 7 nitrogen and oxygen atoms in total. The normalized spacial score (nSPS) is 15.9. The fourth-order valence-electron chi connectivity index (χ4n) is 1.64. The van der Waals surface area contributed by atoms with Crippen molar-refractivity contribution in [1.82, 2.24) is 14.7 Å². The average Bonchev–Trinajstić information content (AvgIpc) is 2.89. The minimum absolute atomic E-state index is 0.0435. The Morgan fingerprint density at radius 2 is 2.06 bits per heavy atom. The molecule has 0 aromatic carbocycles. The highest BCUT2D eigenvalue weighted by atomic mass is 16.6. The lowest BCUT2D eigenvalue weighted by Crippen LogP contribution is -2.38. The van der Waals surface area contributed by atoms with Crippen molar-refractivity contribution in [3.63, 3.8) is 0 Å². The Morgan fingerprint density at radius 3 is 2.61 bits per heavy atom. The molecule has 0 aliphatic carbocycles. The summed E-state index contributed by atoms with van der Waals surface area (Å²) < 4.78 is 6.84. The second kappa shape index (κ2) is 7.78. The largest absolute Gasteiger partial charge is 0.379 e. The monoisotopic (exact) mass is 256 g/mol. The molecule has 0 bridgehead atoms. The maximum absolute atomic E-state index is 10.4. The van der Waals surface area contributed by atoms with E-state index in [9.17, 15) is 10.1 Å². The van der Waals surface area contributed by atoms with E-state index in [-0.39, 0.29) is 5.69 Å². The second-order valence-corrected chi connectivity index (χ2v) is 3.67. The molecule has 0 saturated carbocycles. The predicted molar refractivity (Wildman–Crippen MR) is 67.5 cm³/mol. The van der Waals surface area contributed by atoms with Crippen molar-refractivity contribution >= 4 is 5.69 Å². The molecule has 18 heavy (non-hydrogen) atoms. The van der Waals surface area contributed by atoms with Crippen LogP contribution >= 0.6 is 0 Å². The molecule has 2 rings (SSSR count). The SMILES string of the molecule is CC.O=[N+]([O-])c1cnn(CCN2CCOCC2)c1. The van der Waals surface area contributed by atoms with Crippen molar-refractivity contribution < 1.29 is 9.66 Å². The summed E-state index contributed by atoms with van der Waals surface area (Å²) in [6.45, 7) is 8.89. The average molecular weight is 256 g/mol. The van der Waals surface area contributed by atoms with Crippen LogP contribution in [0.2, 0.25) is 0 Å². The molecule has 102 valence electrons. The van der Waals surface area contributed by atoms with Crippen molar-refractivity contribution in [2.75, 3.05) is 32.8 Å². The molecule has 0 atom stereocenters. The Labute approximate surface area is 106 Å². The highest BCUT2D eigenvalue weighted by molar-refractivity contribution is 5.20. The third-order valence-corrected chi connectivity index (χ3v) is 2.58. The van der Waals surface area contributed by atoms with Gasteiger partial charge in [0.15, 0.2) is 0 Å². The summed E-state index contributed by atoms with van der Waals surface area (Å²) in [6, 6.07) is 0. The smallest absolute Gasteiger partial charge is 0.306 e. The van der Waals surface area contributed by atoms with Crippen molar-refractivity contribution in [1.29, 1.82) is 0 Å². The van der Waals surface area contributed by atoms with Crippen LogP contribution in [0.25, 0.3) is 0 Å². The lowest BCUT2D eigenvalue weighted by molar-refractivity contribution is -0.385. The van der Waals surface area contributed by atoms with E-state index in [1.165, 1.54) is 12.4 Å². The van der Waals surface area contributed by atoms with Gasteiger partial charge in [0.25, 0.3) is 0 Å². The van der Waals surface area contributed by atoms with E-state index in [2.05, 4.69) is 10.00 Å². The van der Waals surface area contributed by atoms with E-state index in [1.807, 2.05) is 13.8 Å². The number of rotatable bonds is 4. The van der Waals surface area contributed by atoms with Gasteiger partial charge in [-0.25, -0.2) is 0 Å². The molecule has 1 aliphatic heterocycles. The Bertz CT molecular complexity index is 361. The first-order valence-electron chi connectivity index (χ1n) is 6.22. The lowest BCUT2D eigenvalue weighted by Gasteiger charge is -2.26. The van der Waals surface area contributed by atoms with Crippen LogP contribution in [0.15, 0.2) is 12.4 Å². The molecule has 0 amide bonds. The molecular formula is C11H20N4O3. The van der Waals surface area contributed by atoms with Crippen molar-refractivity contribution in [3.05, 3.63) is 22.5 Å². The molecule has 0 spiro atoms. The molecule has 0 N–H and O–H groups in total. The standard InChI is InChI=1S/C9H14N4O3.C2H6/c14-13(15)9-7-10-12(8-9)2-1-11-3-5-16-6-4-11;1-2/h7-8H,1-6H2;1-2H3. The Morgan fingerprint density at radius 1 is 1.39 bits per heavy atom. The van der Waals surface area contributed by atoms with Gasteiger partial charge in [-0.05, 0) is 0 Å². The van der Waals surface area contributed by atoms with E-state index in [1.54, 1.807) is 4.68 Å². The number of hydrogen-bond donors (Lipinski definition) is 0. The van der Waals surface area contributed by atoms with Crippen LogP contribution in [0.3, 0.4) is 0 Å². The van der Waals surface area contributed by atoms with Crippen molar-refractivity contribution in [2.24, 2.45) is 0 Å². The maximum atomic E-state index is 10.4. The summed E-state index contributed by atoms with van der Waals surface area (Å²) in [5, 5.41) is 14.4. The Kier molecular flexibility index (Phi) is 6.31. The molecule has 1 fully saturated rings. The first-order chi connectivity index (χ1) is 8.75. The van der Waals surface area contributed by atoms with E-state index in [0.29, 0.717) is 6.54 Å². The highest BCUT2D eigenvalue weighted by Crippen LogP contribution is 2.07. The van der Waals surface area contributed by atoms with E-state index in [0.717, 1.165) is 32.8 Å². The zero-order valence-electron chi connectivity index (χ0n) is 10.9. The zero-order chi connectivity index (χ0) is 13.4. The van der Waals surface area contributed by atoms with Gasteiger partial charge in [-0.2, -0.15) is 5.10 Å². The van der Waals surface area contributed by atoms with Crippen molar-refractivity contribution in [3.8, 4) is 0 Å². The van der Waals surface area contributed by atoms with Crippen molar-refractivity contribution in [2.45, 2.75) is 20.4 Å². The number of aromatic nitrogens is 2. The highest BCUT2D eigenvalue weighted by Gasteiger charge is 2.12. The molecule has 0 radical (unpaired) electrons. The number of nitrogens with zero attached hydrogens (tertiary/aromatic N) is 4. The second-order valence-electron chi connectivity index (χ2n) is 3.67. The summed E-state index contributed by atoms with van der Waals surface area (Å²) in [7, 11) is 0. The number of morpholine rings is 1. The molecule has 1 saturated heterocycles. The fourth-order valence-corrected chi connectivity index (χ4v) is 1.64. The zero-order valence-corrected chi connectivity index (χ0v) is 10.9. The first-order valence-corrected chi connectivity index (χ1v) is 6.22. The summed E-state index contributed by atoms with van der Waals surface area (Å²) >= 11 is 0. The minimum atomic E-state index is -0.432. The van der Waals surface area contributed by atoms with E-state index >= 15 is 0 Å². The summed E-state index contributed by atoms with van der Waals surface area (Å²) in [6.07, 6.45) is 2.74. The Balaban J connectivity index is 0.000000771. The third kappa shape index (κ3) is 4.42. The van der Waals surface area contributed by atoms with E-state index < -0.39 is 4.92 Å². The van der Waals surface area contributed by atoms with Crippen LogP contribution in [-0.4, -0.2) is 52.5 Å². The maximum Gasteiger partial charge on any atom is 0.306 e. The lowest BCUT2D eigenvalue weighted by atomic mass is 10.4. The minimum Gasteiger partial charge on any atom is -0.379 e. The van der Waals surface area contributed by atoms with Gasteiger partial charge in [0.1, 0.15) is 12.4 Å². The van der Waals surface area contributed by atoms with Gasteiger partial charge >= 0.3 is 5.69 Å². The van der Waals surface area contributed by atoms with Crippen LogP contribution in [0, 0.1) is 10.1 Å². The number of nitro groups is 1. The van der Waals surface area contributed by atoms with Gasteiger partial charge in [0.05, 0.1) is 24.7 Å². The van der Waals surface area contributed by atoms with Crippen LogP contribution in [0.1, 0.15) is 13.8 Å². The molecule has 1 aliphatic rings. The third-order valence-electron chi connectivity index (χ3n) is 2.58. The number of hydrogen-bond acceptors (Lipinski definition) is 5. The molecule has 1 aromatic rings. The van der Waals surface area contributed by atoms with Gasteiger partial charge in [-0.15, -0.1) is 0 Å². The summed E-state index contributed by atoms with van der Waals surface area (Å²) in [4.78, 5) is 12.3. The molecule has 1 aromatic heterocycles. The molecular weight excluding hydrogens is 236 g/mol. The van der Waals surface area contributed by atoms with Gasteiger partial charge in [-0.1, -0.05) is 13.8 Å². The van der Waals surface area contributed by atoms with Gasteiger partial charge < -0.3 is 4.74 Å². The van der Waals surface area contributed by atoms with E-state index in [4.69, 9.17) is 4.74 Å². The fraction of sp³-hybridized carbons (Fsp3) is 0.727. The van der Waals surface area contributed by atoms with Gasteiger partial charge in [0.2, 0.25) is 0 Å². The summed E-state index contributed by atoms with van der Waals surface area (Å²) in [5.41, 5.74) is 0.0435. The topological polar surface area (TPSA) is 73.4 Å². The van der Waals surface area contributed by atoms with Crippen LogP contribution in [0.4, 0.5) is 5.69 Å². The van der Waals surface area contributed by atoms with Crippen LogP contribution < -0.4 is 0 Å². The quantitative estimate of drug-likeness (QED) is 0.597. The predicted octanol–water partition coefficient (Wildman–Crippen LogP) is 1.15. The van der Waals surface area contributed by atoms with Crippen LogP contribution in [0.5, 0.6) is 0 Å². The molecule has 7 heteroatoms. The molecule has 2 heterocycles. The number of ether oxygens (including phenoxy) is 1. The molecule has 0 unspecified atom stereocenters. The van der Waals surface area contributed by atoms with Gasteiger partial charge in [-0.3, -0.25) is 19.7 Å². The van der Waals surface area contributed by atoms with Crippen LogP contribution in [-0.2, 0) is 11.3 Å². The Hall–Kier alpha value is -1.47. The first kappa shape index (κ1) is 14.6. The summed E-state index contributed by atoms with van der Waals surface area (Å²) in [5.74, 6) is 0.